The van der Waals surface area contributed by atoms with Gasteiger partial charge in [0.25, 0.3) is 0 Å². The Morgan fingerprint density at radius 2 is 1.36 bits per heavy atom. The van der Waals surface area contributed by atoms with Crippen LogP contribution in [0.25, 0.3) is 21.8 Å². The van der Waals surface area contributed by atoms with E-state index >= 15 is 0 Å². The molecule has 2 aliphatic carbocycles. The van der Waals surface area contributed by atoms with Gasteiger partial charge in [-0.2, -0.15) is 0 Å². The summed E-state index contributed by atoms with van der Waals surface area (Å²) in [4.78, 5) is 23.2. The van der Waals surface area contributed by atoms with E-state index in [-0.39, 0.29) is 41.3 Å². The number of anilines is 3. The number of rotatable bonds is 6. The molecule has 4 aliphatic rings. The van der Waals surface area contributed by atoms with Crippen molar-refractivity contribution in [1.29, 1.82) is 0 Å². The Balaban J connectivity index is 0.000000172. The zero-order valence-electron chi connectivity index (χ0n) is 42.2. The smallest absolute Gasteiger partial charge is 0.408 e. The van der Waals surface area contributed by atoms with Gasteiger partial charge in [0.05, 0.1) is 29.6 Å². The first-order chi connectivity index (χ1) is 34.9. The number of amides is 1. The van der Waals surface area contributed by atoms with Crippen molar-refractivity contribution >= 4 is 93.8 Å². The van der Waals surface area contributed by atoms with E-state index < -0.39 is 5.60 Å². The Labute approximate surface area is 461 Å². The highest BCUT2D eigenvalue weighted by Gasteiger charge is 2.49. The molecule has 2 aliphatic heterocycles. The highest BCUT2D eigenvalue weighted by Crippen LogP contribution is 2.53. The molecule has 0 bridgehead atoms. The predicted molar refractivity (Wildman–Crippen MR) is 310 cm³/mol. The van der Waals surface area contributed by atoms with Crippen LogP contribution in [-0.4, -0.2) is 74.7 Å². The number of nitrogens with zero attached hydrogens (tertiary/aromatic N) is 7. The molecule has 3 atom stereocenters. The van der Waals surface area contributed by atoms with E-state index in [0.29, 0.717) is 17.3 Å². The molecule has 4 aromatic carbocycles. The molecule has 74 heavy (non-hydrogen) atoms. The van der Waals surface area contributed by atoms with Gasteiger partial charge in [0.15, 0.2) is 0 Å². The number of nitrogen functional groups attached to an aromatic ring is 1. The van der Waals surface area contributed by atoms with Crippen molar-refractivity contribution in [1.82, 2.24) is 30.1 Å². The van der Waals surface area contributed by atoms with Crippen LogP contribution >= 0.6 is 61.8 Å². The Morgan fingerprint density at radius 1 is 0.824 bits per heavy atom. The fourth-order valence-corrected chi connectivity index (χ4v) is 13.1. The Morgan fingerprint density at radius 3 is 1.93 bits per heavy atom. The summed E-state index contributed by atoms with van der Waals surface area (Å²) in [5, 5.41) is 20.1. The number of halogens is 4. The quantitative estimate of drug-likeness (QED) is 0.137. The van der Waals surface area contributed by atoms with E-state index in [9.17, 15) is 9.18 Å². The summed E-state index contributed by atoms with van der Waals surface area (Å²) < 4.78 is 17.0. The van der Waals surface area contributed by atoms with Crippen LogP contribution in [0.2, 0.25) is 10.0 Å². The molecule has 5 N–H and O–H groups in total. The summed E-state index contributed by atoms with van der Waals surface area (Å²) in [5.74, 6) is 0. The molecule has 7 aromatic rings. The van der Waals surface area contributed by atoms with E-state index in [4.69, 9.17) is 49.5 Å². The van der Waals surface area contributed by atoms with E-state index in [1.165, 1.54) is 33.6 Å². The maximum Gasteiger partial charge on any atom is 0.408 e. The number of nitrogens with two attached hydrogens (primary N) is 2. The first kappa shape index (κ1) is 56.6. The topological polar surface area (TPSA) is 153 Å². The Bertz CT molecular complexity index is 3050. The summed E-state index contributed by atoms with van der Waals surface area (Å²) in [6.45, 7) is 17.4. The number of imidazole rings is 1. The van der Waals surface area contributed by atoms with Crippen LogP contribution in [0, 0.1) is 17.8 Å². The van der Waals surface area contributed by atoms with Gasteiger partial charge in [-0.1, -0.05) is 161 Å². The highest BCUT2D eigenvalue weighted by atomic mass is 79.9. The molecule has 18 heteroatoms. The molecule has 2 saturated heterocycles. The molecule has 2 fully saturated rings. The molecule has 0 saturated carbocycles. The minimum absolute atomic E-state index is 0. The maximum atomic E-state index is 12.6. The summed E-state index contributed by atoms with van der Waals surface area (Å²) in [6.07, 6.45) is 5.81. The van der Waals surface area contributed by atoms with Gasteiger partial charge >= 0.3 is 6.09 Å². The van der Waals surface area contributed by atoms with E-state index in [1.54, 1.807) is 11.3 Å². The number of aryl methyl sites for hydroxylation is 1. The van der Waals surface area contributed by atoms with Crippen molar-refractivity contribution in [3.05, 3.63) is 147 Å². The zero-order chi connectivity index (χ0) is 52.2. The van der Waals surface area contributed by atoms with Crippen molar-refractivity contribution in [2.45, 2.75) is 103 Å². The number of benzene rings is 4. The minimum atomic E-state index is -0.517. The molecule has 0 radical (unpaired) electrons. The normalized spacial score (nSPS) is 18.4. The molecule has 11 rings (SSSR count). The standard InChI is InChI=1S/C24H24ClN5S.C20H27N5O2S.C10H10BrCl.CH3F.CH4/c1-15-20(18-8-4-5-9-19(18)25)27-22-30(15)28-23(31-22)29-12-10-24(11-13-29)14-16-6-2-3-7-17(16)21(24)26;1-19(2,3)27-18(26)22-15-14-7-5-4-6-13(14)12-20(15)8-10-25(11-9-20)17-24-23-16(21)28-17;1-7(8(2)11)9-5-3-4-6-10(9)12;1-2;/h2-9,21H,10-14,26H2,1H3;4-7,15H,8-12H2,1-3H3,(H2,21,23)(H,22,26);3-6,8H,1H2,2H3;1H3;1H4/t21-;15-;;;/m11.../s1. The van der Waals surface area contributed by atoms with Gasteiger partial charge in [0.2, 0.25) is 20.4 Å². The SMILES string of the molecule is C.C=C(c1ccccc1Cl)C(C)Br.CC(C)(C)OC(=O)N[C@@H]1c2ccccc2CC12CCN(c1nnc(N)s1)CC2.CF.Cc1c(-c2ccccc2Cl)nc2sc(N3CCC4(CC3)Cc3ccccc3[C@H]4N)nn12. The number of alkyl carbamates (subject to hydrolysis) is 1. The third-order valence-corrected chi connectivity index (χ3v) is 17.5. The predicted octanol–water partition coefficient (Wildman–Crippen LogP) is 14.1. The van der Waals surface area contributed by atoms with Crippen molar-refractivity contribution in [2.75, 3.05) is 48.9 Å². The number of fused-ring (bicyclic) bond motifs is 3. The number of aromatic nitrogens is 5. The molecule has 12 nitrogen and oxygen atoms in total. The molecule has 394 valence electrons. The van der Waals surface area contributed by atoms with Gasteiger partial charge in [-0.25, -0.2) is 14.3 Å². The summed E-state index contributed by atoms with van der Waals surface area (Å²) in [7, 11) is 0.500. The molecule has 5 heterocycles. The summed E-state index contributed by atoms with van der Waals surface area (Å²) in [6, 6.07) is 32.8. The third kappa shape index (κ3) is 12.1. The molecular weight excluding hydrogens is 1080 g/mol. The average molecular weight is 1150 g/mol. The van der Waals surface area contributed by atoms with Gasteiger partial charge in [-0.15, -0.1) is 15.3 Å². The molecule has 1 amide bonds. The minimum Gasteiger partial charge on any atom is -0.444 e. The number of carbonyl (C=O) groups excluding carboxylic acids is 1. The van der Waals surface area contributed by atoms with Gasteiger partial charge in [0.1, 0.15) is 5.60 Å². The molecule has 2 spiro atoms. The summed E-state index contributed by atoms with van der Waals surface area (Å²) >= 11 is 18.9. The second-order valence-electron chi connectivity index (χ2n) is 20.2. The zero-order valence-corrected chi connectivity index (χ0v) is 46.9. The van der Waals surface area contributed by atoms with Gasteiger partial charge in [0, 0.05) is 53.0 Å². The van der Waals surface area contributed by atoms with Gasteiger partial charge < -0.3 is 31.3 Å². The first-order valence-electron chi connectivity index (χ1n) is 24.5. The van der Waals surface area contributed by atoms with E-state index in [1.807, 2.05) is 86.8 Å². The van der Waals surface area contributed by atoms with Crippen LogP contribution in [0.1, 0.15) is 106 Å². The largest absolute Gasteiger partial charge is 0.444 e. The molecular formula is C56H68BrCl2FN10O2S2. The number of ether oxygens (including phenoxy) is 1. The second kappa shape index (κ2) is 23.8. The average Bonchev–Trinajstić information content (AvgIpc) is 4.19. The van der Waals surface area contributed by atoms with Crippen molar-refractivity contribution in [2.24, 2.45) is 16.6 Å². The van der Waals surface area contributed by atoms with Gasteiger partial charge in [-0.05, 0) is 124 Å². The fraction of sp³-hybridized carbons (Fsp3) is 0.411. The lowest BCUT2D eigenvalue weighted by atomic mass is 9.73. The van der Waals surface area contributed by atoms with Crippen LogP contribution < -0.4 is 26.6 Å². The third-order valence-electron chi connectivity index (χ3n) is 14.5. The lowest BCUT2D eigenvalue weighted by Crippen LogP contribution is -2.47. The van der Waals surface area contributed by atoms with Crippen molar-refractivity contribution in [3.63, 3.8) is 0 Å². The lowest BCUT2D eigenvalue weighted by Gasteiger charge is -2.43. The fourth-order valence-electron chi connectivity index (χ4n) is 10.7. The number of carbonyl (C=O) groups is 1. The van der Waals surface area contributed by atoms with Crippen LogP contribution in [-0.2, 0) is 17.6 Å². The second-order valence-corrected chi connectivity index (χ2v) is 24.3. The highest BCUT2D eigenvalue weighted by molar-refractivity contribution is 9.09. The molecule has 3 aromatic heterocycles. The van der Waals surface area contributed by atoms with Crippen LogP contribution in [0.4, 0.5) is 24.6 Å². The number of hydrogen-bond donors (Lipinski definition) is 3. The number of piperidine rings is 2. The number of nitrogens with one attached hydrogen (secondary N) is 1. The van der Waals surface area contributed by atoms with Crippen LogP contribution in [0.5, 0.6) is 0 Å². The first-order valence-corrected chi connectivity index (χ1v) is 27.8. The Hall–Kier alpha value is -5.10. The number of alkyl halides is 2. The lowest BCUT2D eigenvalue weighted by molar-refractivity contribution is 0.0428. The van der Waals surface area contributed by atoms with Gasteiger partial charge in [-0.3, -0.25) is 4.39 Å². The van der Waals surface area contributed by atoms with E-state index in [0.717, 1.165) is 113 Å². The van der Waals surface area contributed by atoms with Crippen molar-refractivity contribution in [3.8, 4) is 11.3 Å². The van der Waals surface area contributed by atoms with E-state index in [2.05, 4.69) is 97.2 Å². The Kier molecular flexibility index (Phi) is 18.2. The molecule has 1 unspecified atom stereocenters. The summed E-state index contributed by atoms with van der Waals surface area (Å²) in [5.41, 5.74) is 22.3. The van der Waals surface area contributed by atoms with Crippen LogP contribution in [0.15, 0.2) is 104 Å². The maximum absolute atomic E-state index is 12.6. The van der Waals surface area contributed by atoms with Crippen molar-refractivity contribution < 1.29 is 13.9 Å². The monoisotopic (exact) mass is 1140 g/mol. The number of hydrogen-bond acceptors (Lipinski definition) is 12. The number of allylic oxidation sites excluding steroid dienone is 1. The van der Waals surface area contributed by atoms with Crippen LogP contribution in [0.3, 0.4) is 0 Å².